The molecule has 2 N–H and O–H groups in total. The number of nitrogens with two attached hydrogens (primary N) is 1. The number of hydrogen-bond acceptors (Lipinski definition) is 1. The largest absolute Gasteiger partial charge is 0.343 e. The molecule has 108 valence electrons. The van der Waals surface area contributed by atoms with Crippen LogP contribution in [0.3, 0.4) is 0 Å². The van der Waals surface area contributed by atoms with Crippen LogP contribution < -0.4 is 5.73 Å². The molecule has 0 fully saturated rings. The molecule has 2 nitrogen and oxygen atoms in total. The van der Waals surface area contributed by atoms with E-state index in [4.69, 9.17) is 17.3 Å². The Morgan fingerprint density at radius 1 is 1.10 bits per heavy atom. The van der Waals surface area contributed by atoms with E-state index < -0.39 is 0 Å². The van der Waals surface area contributed by atoms with Gasteiger partial charge in [0.15, 0.2) is 0 Å². The van der Waals surface area contributed by atoms with Crippen LogP contribution in [0.1, 0.15) is 11.1 Å². The summed E-state index contributed by atoms with van der Waals surface area (Å²) in [5.74, 6) is -0.274. The zero-order chi connectivity index (χ0) is 14.8. The molecule has 0 aliphatic heterocycles. The van der Waals surface area contributed by atoms with Crippen LogP contribution in [0.25, 0.3) is 10.9 Å². The lowest BCUT2D eigenvalue weighted by molar-refractivity contribution is 0.602. The quantitative estimate of drug-likeness (QED) is 0.776. The molecule has 0 amide bonds. The number of halogens is 2. The van der Waals surface area contributed by atoms with Crippen LogP contribution in [0.2, 0.25) is 5.02 Å². The van der Waals surface area contributed by atoms with E-state index in [1.165, 1.54) is 11.6 Å². The van der Waals surface area contributed by atoms with Gasteiger partial charge in [-0.3, -0.25) is 0 Å². The first kappa shape index (κ1) is 14.1. The summed E-state index contributed by atoms with van der Waals surface area (Å²) in [6.45, 7) is 1.13. The molecule has 3 rings (SSSR count). The Hall–Kier alpha value is -1.84. The highest BCUT2D eigenvalue weighted by Gasteiger charge is 2.07. The molecule has 0 spiro atoms. The van der Waals surface area contributed by atoms with Crippen molar-refractivity contribution in [2.24, 2.45) is 5.73 Å². The van der Waals surface area contributed by atoms with Crippen LogP contribution in [-0.2, 0) is 13.0 Å². The minimum Gasteiger partial charge on any atom is -0.343 e. The second-order valence-corrected chi connectivity index (χ2v) is 5.55. The number of fused-ring (bicyclic) bond motifs is 1. The minimum absolute atomic E-state index is 0.274. The lowest BCUT2D eigenvalue weighted by Gasteiger charge is -2.08. The van der Waals surface area contributed by atoms with Crippen LogP contribution in [0, 0.1) is 5.82 Å². The maximum atomic E-state index is 13.9. The van der Waals surface area contributed by atoms with Gasteiger partial charge in [0, 0.05) is 22.3 Å². The zero-order valence-electron chi connectivity index (χ0n) is 11.5. The van der Waals surface area contributed by atoms with Gasteiger partial charge in [-0.25, -0.2) is 4.39 Å². The Labute approximate surface area is 127 Å². The van der Waals surface area contributed by atoms with Crippen LogP contribution in [0.5, 0.6) is 0 Å². The molecule has 0 aliphatic rings. The van der Waals surface area contributed by atoms with Crippen LogP contribution in [-0.4, -0.2) is 11.1 Å². The van der Waals surface area contributed by atoms with Crippen molar-refractivity contribution >= 4 is 22.5 Å². The van der Waals surface area contributed by atoms with Gasteiger partial charge in [-0.15, -0.1) is 0 Å². The van der Waals surface area contributed by atoms with Gasteiger partial charge in [0.05, 0.1) is 6.54 Å². The van der Waals surface area contributed by atoms with Crippen molar-refractivity contribution in [2.75, 3.05) is 6.54 Å². The molecule has 3 aromatic rings. The van der Waals surface area contributed by atoms with Gasteiger partial charge in [-0.05, 0) is 54.2 Å². The molecule has 0 radical (unpaired) electrons. The Kier molecular flexibility index (Phi) is 3.95. The van der Waals surface area contributed by atoms with E-state index in [2.05, 4.69) is 18.2 Å². The fourth-order valence-corrected chi connectivity index (χ4v) is 2.70. The summed E-state index contributed by atoms with van der Waals surface area (Å²) in [5, 5.41) is 1.57. The summed E-state index contributed by atoms with van der Waals surface area (Å²) < 4.78 is 15.9. The Morgan fingerprint density at radius 2 is 1.95 bits per heavy atom. The smallest absolute Gasteiger partial charge is 0.129 e. The van der Waals surface area contributed by atoms with E-state index in [1.807, 2.05) is 16.8 Å². The molecule has 0 saturated carbocycles. The summed E-state index contributed by atoms with van der Waals surface area (Å²) in [5.41, 5.74) is 8.52. The molecule has 1 aromatic heterocycles. The minimum atomic E-state index is -0.274. The van der Waals surface area contributed by atoms with E-state index in [9.17, 15) is 4.39 Å². The van der Waals surface area contributed by atoms with Crippen molar-refractivity contribution in [1.82, 2.24) is 4.57 Å². The van der Waals surface area contributed by atoms with E-state index in [0.717, 1.165) is 17.3 Å². The third-order valence-corrected chi connectivity index (χ3v) is 3.86. The summed E-state index contributed by atoms with van der Waals surface area (Å²) in [6.07, 6.45) is 2.85. The Bertz CT molecular complexity index is 780. The molecule has 0 bridgehead atoms. The summed E-state index contributed by atoms with van der Waals surface area (Å²) >= 11 is 5.78. The molecule has 1 heterocycles. The van der Waals surface area contributed by atoms with Crippen LogP contribution >= 0.6 is 11.6 Å². The van der Waals surface area contributed by atoms with Crippen molar-refractivity contribution in [1.29, 1.82) is 0 Å². The first-order valence-electron chi connectivity index (χ1n) is 6.89. The highest BCUT2D eigenvalue weighted by atomic mass is 35.5. The predicted molar refractivity (Wildman–Crippen MR) is 85.2 cm³/mol. The number of hydrogen-bond donors (Lipinski definition) is 1. The van der Waals surface area contributed by atoms with Gasteiger partial charge >= 0.3 is 0 Å². The van der Waals surface area contributed by atoms with Crippen molar-refractivity contribution in [3.8, 4) is 0 Å². The molecule has 0 saturated heterocycles. The number of benzene rings is 2. The lowest BCUT2D eigenvalue weighted by atomic mass is 10.1. The molecule has 0 unspecified atom stereocenters. The zero-order valence-corrected chi connectivity index (χ0v) is 12.3. The average molecular weight is 303 g/mol. The second-order valence-electron chi connectivity index (χ2n) is 5.11. The van der Waals surface area contributed by atoms with Gasteiger partial charge < -0.3 is 10.3 Å². The van der Waals surface area contributed by atoms with Gasteiger partial charge in [0.2, 0.25) is 0 Å². The van der Waals surface area contributed by atoms with Crippen molar-refractivity contribution in [3.05, 3.63) is 70.6 Å². The predicted octanol–water partition coefficient (Wildman–Crippen LogP) is 3.98. The fourth-order valence-electron chi connectivity index (χ4n) is 2.54. The Balaban J connectivity index is 1.94. The number of aromatic nitrogens is 1. The highest BCUT2D eigenvalue weighted by Crippen LogP contribution is 2.21. The average Bonchev–Trinajstić information content (AvgIpc) is 2.85. The van der Waals surface area contributed by atoms with Gasteiger partial charge in [0.1, 0.15) is 5.82 Å². The SMILES string of the molecule is NCCc1ccc2c(ccn2Cc2ccc(Cl)cc2F)c1. The summed E-state index contributed by atoms with van der Waals surface area (Å²) in [6, 6.07) is 13.1. The van der Waals surface area contributed by atoms with Crippen molar-refractivity contribution in [3.63, 3.8) is 0 Å². The third-order valence-electron chi connectivity index (χ3n) is 3.62. The first-order chi connectivity index (χ1) is 10.2. The number of rotatable bonds is 4. The normalized spacial score (nSPS) is 11.2. The topological polar surface area (TPSA) is 30.9 Å². The van der Waals surface area contributed by atoms with E-state index in [0.29, 0.717) is 23.7 Å². The van der Waals surface area contributed by atoms with Crippen molar-refractivity contribution in [2.45, 2.75) is 13.0 Å². The third kappa shape index (κ3) is 2.94. The maximum absolute atomic E-state index is 13.9. The van der Waals surface area contributed by atoms with Gasteiger partial charge in [-0.1, -0.05) is 23.7 Å². The molecule has 21 heavy (non-hydrogen) atoms. The maximum Gasteiger partial charge on any atom is 0.129 e. The van der Waals surface area contributed by atoms with Gasteiger partial charge in [0.25, 0.3) is 0 Å². The van der Waals surface area contributed by atoms with E-state index in [-0.39, 0.29) is 5.82 Å². The lowest BCUT2D eigenvalue weighted by Crippen LogP contribution is -2.03. The molecule has 0 atom stereocenters. The highest BCUT2D eigenvalue weighted by molar-refractivity contribution is 6.30. The van der Waals surface area contributed by atoms with Crippen LogP contribution in [0.4, 0.5) is 4.39 Å². The standard InChI is InChI=1S/C17H16ClFN2/c18-15-3-2-14(16(19)10-15)11-21-8-6-13-9-12(5-7-20)1-4-17(13)21/h1-4,6,8-10H,5,7,11,20H2. The van der Waals surface area contributed by atoms with E-state index >= 15 is 0 Å². The molecule has 2 aromatic carbocycles. The molecular weight excluding hydrogens is 287 g/mol. The molecule has 4 heteroatoms. The van der Waals surface area contributed by atoms with Gasteiger partial charge in [-0.2, -0.15) is 0 Å². The first-order valence-corrected chi connectivity index (χ1v) is 7.27. The fraction of sp³-hybridized carbons (Fsp3) is 0.176. The summed E-state index contributed by atoms with van der Waals surface area (Å²) in [7, 11) is 0. The molecular formula is C17H16ClFN2. The second kappa shape index (κ2) is 5.88. The van der Waals surface area contributed by atoms with Crippen LogP contribution in [0.15, 0.2) is 48.7 Å². The van der Waals surface area contributed by atoms with Crippen molar-refractivity contribution < 1.29 is 4.39 Å². The number of nitrogens with zero attached hydrogens (tertiary/aromatic N) is 1. The molecule has 0 aliphatic carbocycles. The summed E-state index contributed by atoms with van der Waals surface area (Å²) in [4.78, 5) is 0. The Morgan fingerprint density at radius 3 is 2.71 bits per heavy atom. The monoisotopic (exact) mass is 302 g/mol. The van der Waals surface area contributed by atoms with E-state index in [1.54, 1.807) is 12.1 Å².